The second kappa shape index (κ2) is 7.42. The largest absolute Gasteiger partial charge is 0.481 e. The number of aromatic nitrogens is 1. The molecule has 0 bridgehead atoms. The lowest BCUT2D eigenvalue weighted by molar-refractivity contribution is -0.153. The van der Waals surface area contributed by atoms with Gasteiger partial charge in [-0.2, -0.15) is 0 Å². The zero-order chi connectivity index (χ0) is 17.0. The van der Waals surface area contributed by atoms with E-state index < -0.39 is 36.1 Å². The molecule has 23 heavy (non-hydrogen) atoms. The number of carbonyl (C=O) groups excluding carboxylic acids is 1. The first-order valence-electron chi connectivity index (χ1n) is 6.60. The first-order valence-corrected chi connectivity index (χ1v) is 8.41. The number of primary amides is 1. The minimum atomic E-state index is -1.35. The molecule has 0 fully saturated rings. The molecule has 2 atom stereocenters. The number of amides is 1. The van der Waals surface area contributed by atoms with E-state index in [9.17, 15) is 19.5 Å². The van der Waals surface area contributed by atoms with Crippen LogP contribution in [-0.2, 0) is 14.4 Å². The lowest BCUT2D eigenvalue weighted by Crippen LogP contribution is -2.34. The Hall–Kier alpha value is -2.13. The van der Waals surface area contributed by atoms with E-state index in [0.29, 0.717) is 4.34 Å². The third-order valence-corrected chi connectivity index (χ3v) is 5.50. The summed E-state index contributed by atoms with van der Waals surface area (Å²) in [4.78, 5) is 38.0. The monoisotopic (exact) mass is 354 g/mol. The molecule has 4 N–H and O–H groups in total. The minimum Gasteiger partial charge on any atom is -0.481 e. The highest BCUT2D eigenvalue weighted by molar-refractivity contribution is 8.01. The van der Waals surface area contributed by atoms with E-state index in [2.05, 4.69) is 4.98 Å². The molecule has 2 unspecified atom stereocenters. The Morgan fingerprint density at radius 1 is 1.17 bits per heavy atom. The Balaban J connectivity index is 2.13. The molecule has 0 saturated heterocycles. The fourth-order valence-electron chi connectivity index (χ4n) is 2.05. The topological polar surface area (TPSA) is 131 Å². The molecular formula is C14H14N2O5S2. The van der Waals surface area contributed by atoms with Gasteiger partial charge in [-0.1, -0.05) is 23.9 Å². The second-order valence-corrected chi connectivity index (χ2v) is 7.12. The molecule has 0 spiro atoms. The van der Waals surface area contributed by atoms with Gasteiger partial charge >= 0.3 is 11.9 Å². The van der Waals surface area contributed by atoms with Gasteiger partial charge in [0.1, 0.15) is 0 Å². The van der Waals surface area contributed by atoms with E-state index in [1.54, 1.807) is 0 Å². The van der Waals surface area contributed by atoms with Crippen LogP contribution in [0, 0.1) is 11.8 Å². The summed E-state index contributed by atoms with van der Waals surface area (Å²) >= 11 is 2.57. The van der Waals surface area contributed by atoms with Gasteiger partial charge in [0.15, 0.2) is 4.34 Å². The number of para-hydroxylation sites is 1. The number of carboxylic acid groups (broad SMARTS) is 2. The molecular weight excluding hydrogens is 340 g/mol. The fraction of sp³-hybridized carbons (Fsp3) is 0.286. The molecule has 1 aromatic carbocycles. The van der Waals surface area contributed by atoms with Gasteiger partial charge in [-0.3, -0.25) is 14.4 Å². The van der Waals surface area contributed by atoms with Crippen LogP contribution in [0.2, 0.25) is 0 Å². The SMILES string of the molecule is NC(=O)CC(C(=O)O)C(CSc1nc2ccccc2s1)C(=O)O. The number of nitrogens with zero attached hydrogens (tertiary/aromatic N) is 1. The number of hydrogen-bond donors (Lipinski definition) is 3. The van der Waals surface area contributed by atoms with Gasteiger partial charge in [-0.15, -0.1) is 11.3 Å². The number of fused-ring (bicyclic) bond motifs is 1. The van der Waals surface area contributed by atoms with E-state index in [4.69, 9.17) is 10.8 Å². The van der Waals surface area contributed by atoms with Crippen LogP contribution in [0.1, 0.15) is 6.42 Å². The summed E-state index contributed by atoms with van der Waals surface area (Å²) in [6.45, 7) is 0. The molecule has 0 aliphatic rings. The smallest absolute Gasteiger partial charge is 0.308 e. The number of nitrogens with two attached hydrogens (primary N) is 1. The van der Waals surface area contributed by atoms with Crippen molar-refractivity contribution in [2.45, 2.75) is 10.8 Å². The number of thiazole rings is 1. The van der Waals surface area contributed by atoms with Gasteiger partial charge in [-0.05, 0) is 12.1 Å². The van der Waals surface area contributed by atoms with Crippen molar-refractivity contribution in [3.8, 4) is 0 Å². The van der Waals surface area contributed by atoms with Gasteiger partial charge in [0, 0.05) is 12.2 Å². The summed E-state index contributed by atoms with van der Waals surface area (Å²) in [5.41, 5.74) is 5.82. The highest BCUT2D eigenvalue weighted by atomic mass is 32.2. The standard InChI is InChI=1S/C14H14N2O5S2/c15-11(17)5-7(12(18)19)8(13(20)21)6-22-14-16-9-3-1-2-4-10(9)23-14/h1-4,7-8H,5-6H2,(H2,15,17)(H,18,19)(H,20,21). The summed E-state index contributed by atoms with van der Waals surface area (Å²) in [7, 11) is 0. The zero-order valence-corrected chi connectivity index (χ0v) is 13.5. The molecule has 1 aromatic heterocycles. The Labute approximate surface area is 139 Å². The van der Waals surface area contributed by atoms with Gasteiger partial charge < -0.3 is 15.9 Å². The number of hydrogen-bond acceptors (Lipinski definition) is 6. The van der Waals surface area contributed by atoms with Gasteiger partial charge in [-0.25, -0.2) is 4.98 Å². The van der Waals surface area contributed by atoms with Crippen molar-refractivity contribution in [3.63, 3.8) is 0 Å². The molecule has 122 valence electrons. The normalized spacial score (nSPS) is 13.6. The molecule has 7 nitrogen and oxygen atoms in total. The van der Waals surface area contributed by atoms with Crippen molar-refractivity contribution < 1.29 is 24.6 Å². The third kappa shape index (κ3) is 4.42. The van der Waals surface area contributed by atoms with Crippen molar-refractivity contribution in [2.75, 3.05) is 5.75 Å². The molecule has 0 aliphatic heterocycles. The summed E-state index contributed by atoms with van der Waals surface area (Å²) in [6.07, 6.45) is -0.507. The number of carboxylic acids is 2. The van der Waals surface area contributed by atoms with E-state index >= 15 is 0 Å². The maximum absolute atomic E-state index is 11.4. The van der Waals surface area contributed by atoms with E-state index in [1.165, 1.54) is 23.1 Å². The maximum atomic E-state index is 11.4. The molecule has 0 saturated carbocycles. The first-order chi connectivity index (χ1) is 10.9. The predicted octanol–water partition coefficient (Wildman–Crippen LogP) is 1.67. The van der Waals surface area contributed by atoms with Crippen LogP contribution in [0.15, 0.2) is 28.6 Å². The highest BCUT2D eigenvalue weighted by Gasteiger charge is 2.35. The number of rotatable bonds is 8. The number of carbonyl (C=O) groups is 3. The Kier molecular flexibility index (Phi) is 5.56. The average molecular weight is 354 g/mol. The molecule has 1 heterocycles. The van der Waals surface area contributed by atoms with E-state index in [0.717, 1.165) is 10.2 Å². The van der Waals surface area contributed by atoms with Crippen molar-refractivity contribution in [1.82, 2.24) is 4.98 Å². The van der Waals surface area contributed by atoms with Crippen molar-refractivity contribution in [3.05, 3.63) is 24.3 Å². The molecule has 0 aliphatic carbocycles. The van der Waals surface area contributed by atoms with E-state index in [1.807, 2.05) is 24.3 Å². The molecule has 1 amide bonds. The number of aliphatic carboxylic acids is 2. The van der Waals surface area contributed by atoms with Crippen LogP contribution in [0.3, 0.4) is 0 Å². The molecule has 9 heteroatoms. The highest BCUT2D eigenvalue weighted by Crippen LogP contribution is 2.32. The Morgan fingerprint density at radius 3 is 2.39 bits per heavy atom. The van der Waals surface area contributed by atoms with Crippen LogP contribution < -0.4 is 5.73 Å². The summed E-state index contributed by atoms with van der Waals surface area (Å²) in [5.74, 6) is -6.04. The summed E-state index contributed by atoms with van der Waals surface area (Å²) in [5, 5.41) is 18.4. The number of benzene rings is 1. The van der Waals surface area contributed by atoms with Crippen molar-refractivity contribution >= 4 is 51.2 Å². The van der Waals surface area contributed by atoms with Crippen molar-refractivity contribution in [1.29, 1.82) is 0 Å². The fourth-order valence-corrected chi connectivity index (χ4v) is 4.32. The van der Waals surface area contributed by atoms with Crippen LogP contribution >= 0.6 is 23.1 Å². The van der Waals surface area contributed by atoms with Crippen LogP contribution in [0.4, 0.5) is 0 Å². The lowest BCUT2D eigenvalue weighted by Gasteiger charge is -2.18. The molecule has 2 rings (SSSR count). The third-order valence-electron chi connectivity index (χ3n) is 3.20. The predicted molar refractivity (Wildman–Crippen MR) is 86.4 cm³/mol. The Bertz CT molecular complexity index is 713. The molecule has 2 aromatic rings. The lowest BCUT2D eigenvalue weighted by atomic mass is 9.91. The maximum Gasteiger partial charge on any atom is 0.308 e. The molecule has 0 radical (unpaired) electrons. The van der Waals surface area contributed by atoms with Crippen LogP contribution in [0.25, 0.3) is 10.2 Å². The minimum absolute atomic E-state index is 0.000593. The number of thioether (sulfide) groups is 1. The van der Waals surface area contributed by atoms with Crippen molar-refractivity contribution in [2.24, 2.45) is 17.6 Å². The summed E-state index contributed by atoms with van der Waals surface area (Å²) in [6, 6.07) is 7.47. The first kappa shape index (κ1) is 17.2. The van der Waals surface area contributed by atoms with E-state index in [-0.39, 0.29) is 5.75 Å². The zero-order valence-electron chi connectivity index (χ0n) is 11.8. The summed E-state index contributed by atoms with van der Waals surface area (Å²) < 4.78 is 1.62. The quantitative estimate of drug-likeness (QED) is 0.614. The van der Waals surface area contributed by atoms with Crippen LogP contribution in [-0.4, -0.2) is 38.8 Å². The average Bonchev–Trinajstić information content (AvgIpc) is 2.88. The second-order valence-electron chi connectivity index (χ2n) is 4.82. The van der Waals surface area contributed by atoms with Gasteiger partial charge in [0.25, 0.3) is 0 Å². The van der Waals surface area contributed by atoms with Crippen LogP contribution in [0.5, 0.6) is 0 Å². The van der Waals surface area contributed by atoms with Gasteiger partial charge in [0.2, 0.25) is 5.91 Å². The van der Waals surface area contributed by atoms with Gasteiger partial charge in [0.05, 0.1) is 22.1 Å². The Morgan fingerprint density at radius 2 is 1.83 bits per heavy atom.